The van der Waals surface area contributed by atoms with Gasteiger partial charge in [-0.25, -0.2) is 9.59 Å². The summed E-state index contributed by atoms with van der Waals surface area (Å²) in [5, 5.41) is 0.830. The third-order valence-corrected chi connectivity index (χ3v) is 3.71. The fraction of sp³-hybridized carbons (Fsp3) is 0.333. The normalized spacial score (nSPS) is 11.5. The molecule has 0 aliphatic heterocycles. The number of nitrogens with zero attached hydrogens (tertiary/aromatic N) is 1. The number of halogens is 1. The molecule has 0 radical (unpaired) electrons. The summed E-state index contributed by atoms with van der Waals surface area (Å²) < 4.78 is 12.3. The van der Waals surface area contributed by atoms with E-state index in [0.29, 0.717) is 11.1 Å². The first-order valence-corrected chi connectivity index (χ1v) is 7.56. The number of esters is 1. The monoisotopic (exact) mass is 365 g/mol. The predicted octanol–water partition coefficient (Wildman–Crippen LogP) is 2.23. The Hall–Kier alpha value is -1.76. The minimum atomic E-state index is -0.600. The van der Waals surface area contributed by atoms with Gasteiger partial charge in [0.15, 0.2) is 7.85 Å². The Balaban J connectivity index is 2.64. The summed E-state index contributed by atoms with van der Waals surface area (Å²) in [5.74, 6) is -0.461. The van der Waals surface area contributed by atoms with Crippen molar-refractivity contribution in [1.29, 1.82) is 0 Å². The molecule has 0 N–H and O–H groups in total. The molecule has 0 amide bonds. The summed E-state index contributed by atoms with van der Waals surface area (Å²) in [6, 6.07) is 5.17. The summed E-state index contributed by atoms with van der Waals surface area (Å²) >= 11 is 3.43. The van der Waals surface area contributed by atoms with E-state index in [1.807, 2.05) is 34.7 Å². The number of ether oxygens (including phenoxy) is 2. The predicted molar refractivity (Wildman–Crippen MR) is 90.8 cm³/mol. The number of rotatable bonds is 1. The van der Waals surface area contributed by atoms with Crippen molar-refractivity contribution >= 4 is 52.3 Å². The molecular formula is C15H17BBrNO4. The van der Waals surface area contributed by atoms with Crippen LogP contribution in [0.2, 0.25) is 0 Å². The van der Waals surface area contributed by atoms with Crippen LogP contribution in [0.25, 0.3) is 10.9 Å². The average Bonchev–Trinajstić information content (AvgIpc) is 2.72. The highest BCUT2D eigenvalue weighted by Crippen LogP contribution is 2.27. The van der Waals surface area contributed by atoms with Gasteiger partial charge in [-0.15, -0.1) is 0 Å². The highest BCUT2D eigenvalue weighted by molar-refractivity contribution is 9.10. The lowest BCUT2D eigenvalue weighted by molar-refractivity contribution is 0.0546. The van der Waals surface area contributed by atoms with E-state index in [-0.39, 0.29) is 0 Å². The smallest absolute Gasteiger partial charge is 0.418 e. The van der Waals surface area contributed by atoms with Crippen molar-refractivity contribution in [3.05, 3.63) is 28.2 Å². The van der Waals surface area contributed by atoms with Crippen LogP contribution in [0.5, 0.6) is 0 Å². The minimum Gasteiger partial charge on any atom is -0.465 e. The summed E-state index contributed by atoms with van der Waals surface area (Å²) in [6.45, 7) is 5.42. The van der Waals surface area contributed by atoms with E-state index in [0.717, 1.165) is 15.5 Å². The third kappa shape index (κ3) is 3.19. The zero-order valence-corrected chi connectivity index (χ0v) is 14.8. The number of fused-ring (bicyclic) bond motifs is 1. The quantitative estimate of drug-likeness (QED) is 0.574. The number of hydrogen-bond acceptors (Lipinski definition) is 4. The second kappa shape index (κ2) is 5.80. The van der Waals surface area contributed by atoms with Gasteiger partial charge in [-0.05, 0) is 44.6 Å². The maximum atomic E-state index is 12.4. The van der Waals surface area contributed by atoms with Gasteiger partial charge in [-0.3, -0.25) is 4.57 Å². The van der Waals surface area contributed by atoms with Crippen molar-refractivity contribution in [2.24, 2.45) is 0 Å². The van der Waals surface area contributed by atoms with E-state index in [9.17, 15) is 9.59 Å². The molecule has 5 nitrogen and oxygen atoms in total. The standard InChI is InChI=1S/C15H17BBrNO4/c1-15(2,3)22-14(20)18-11-6-8(13(19)21-4)5-10(17)9(11)7-12(18)16/h5-7H,16H2,1-4H3. The van der Waals surface area contributed by atoms with Crippen molar-refractivity contribution in [1.82, 2.24) is 4.57 Å². The van der Waals surface area contributed by atoms with Crippen LogP contribution in [0.15, 0.2) is 22.7 Å². The topological polar surface area (TPSA) is 57.5 Å². The molecule has 2 rings (SSSR count). The number of aromatic nitrogens is 1. The fourth-order valence-corrected chi connectivity index (χ4v) is 2.74. The summed E-state index contributed by atoms with van der Waals surface area (Å²) in [5.41, 5.74) is 1.09. The second-order valence-electron chi connectivity index (χ2n) is 5.98. The molecule has 0 atom stereocenters. The molecule has 116 valence electrons. The van der Waals surface area contributed by atoms with E-state index < -0.39 is 17.7 Å². The Kier molecular flexibility index (Phi) is 4.38. The Morgan fingerprint density at radius 3 is 2.41 bits per heavy atom. The van der Waals surface area contributed by atoms with Crippen LogP contribution in [0.3, 0.4) is 0 Å². The van der Waals surface area contributed by atoms with Crippen molar-refractivity contribution in [2.75, 3.05) is 7.11 Å². The lowest BCUT2D eigenvalue weighted by atomic mass is 10.1. The molecule has 1 aromatic carbocycles. The summed E-state index contributed by atoms with van der Waals surface area (Å²) in [6.07, 6.45) is -0.478. The first-order chi connectivity index (χ1) is 10.1. The molecular weight excluding hydrogens is 349 g/mol. The maximum Gasteiger partial charge on any atom is 0.418 e. The van der Waals surface area contributed by atoms with Crippen LogP contribution in [0.4, 0.5) is 4.79 Å². The molecule has 0 aliphatic rings. The second-order valence-corrected chi connectivity index (χ2v) is 6.84. The van der Waals surface area contributed by atoms with Gasteiger partial charge < -0.3 is 9.47 Å². The highest BCUT2D eigenvalue weighted by atomic mass is 79.9. The summed E-state index contributed by atoms with van der Waals surface area (Å²) in [4.78, 5) is 24.2. The lowest BCUT2D eigenvalue weighted by Gasteiger charge is -2.20. The molecule has 22 heavy (non-hydrogen) atoms. The molecule has 0 aliphatic carbocycles. The van der Waals surface area contributed by atoms with Gasteiger partial charge in [-0.1, -0.05) is 15.9 Å². The first-order valence-electron chi connectivity index (χ1n) is 6.77. The van der Waals surface area contributed by atoms with E-state index in [1.165, 1.54) is 11.7 Å². The molecule has 0 unspecified atom stereocenters. The minimum absolute atomic E-state index is 0.366. The number of carbonyl (C=O) groups excluding carboxylic acids is 2. The van der Waals surface area contributed by atoms with Crippen molar-refractivity contribution in [3.63, 3.8) is 0 Å². The first kappa shape index (κ1) is 16.6. The van der Waals surface area contributed by atoms with Gasteiger partial charge in [0.1, 0.15) is 5.60 Å². The van der Waals surface area contributed by atoms with Crippen molar-refractivity contribution < 1.29 is 19.1 Å². The zero-order chi connectivity index (χ0) is 16.7. The highest BCUT2D eigenvalue weighted by Gasteiger charge is 2.22. The molecule has 7 heteroatoms. The van der Waals surface area contributed by atoms with Crippen LogP contribution in [-0.2, 0) is 9.47 Å². The van der Waals surface area contributed by atoms with Crippen molar-refractivity contribution in [3.8, 4) is 0 Å². The molecule has 0 fully saturated rings. The number of methoxy groups -OCH3 is 1. The molecule has 0 spiro atoms. The molecule has 1 heterocycles. The maximum absolute atomic E-state index is 12.4. The SMILES string of the molecule is Bc1cc2c(Br)cc(C(=O)OC)cc2n1C(=O)OC(C)(C)C. The number of benzene rings is 1. The number of carbonyl (C=O) groups is 2. The van der Waals surface area contributed by atoms with Crippen LogP contribution in [0.1, 0.15) is 31.1 Å². The van der Waals surface area contributed by atoms with Crippen LogP contribution < -0.4 is 5.59 Å². The Bertz CT molecular complexity index is 761. The zero-order valence-electron chi connectivity index (χ0n) is 13.2. The Labute approximate surface area is 138 Å². The van der Waals surface area contributed by atoms with Gasteiger partial charge in [0.25, 0.3) is 0 Å². The van der Waals surface area contributed by atoms with Crippen LogP contribution >= 0.6 is 15.9 Å². The molecule has 2 aromatic rings. The average molecular weight is 366 g/mol. The van der Waals surface area contributed by atoms with Gasteiger partial charge in [-0.2, -0.15) is 0 Å². The van der Waals surface area contributed by atoms with Gasteiger partial charge >= 0.3 is 12.1 Å². The molecule has 0 bridgehead atoms. The largest absolute Gasteiger partial charge is 0.465 e. The van der Waals surface area contributed by atoms with Crippen LogP contribution in [-0.4, -0.2) is 37.2 Å². The Morgan fingerprint density at radius 2 is 1.86 bits per heavy atom. The van der Waals surface area contributed by atoms with Gasteiger partial charge in [0, 0.05) is 9.86 Å². The molecule has 0 saturated heterocycles. The van der Waals surface area contributed by atoms with E-state index >= 15 is 0 Å². The van der Waals surface area contributed by atoms with E-state index in [2.05, 4.69) is 15.9 Å². The third-order valence-electron chi connectivity index (χ3n) is 3.05. The number of hydrogen-bond donors (Lipinski definition) is 0. The fourth-order valence-electron chi connectivity index (χ4n) is 2.18. The van der Waals surface area contributed by atoms with E-state index in [4.69, 9.17) is 9.47 Å². The van der Waals surface area contributed by atoms with Crippen molar-refractivity contribution in [2.45, 2.75) is 26.4 Å². The van der Waals surface area contributed by atoms with Gasteiger partial charge in [0.2, 0.25) is 0 Å². The molecule has 0 saturated carbocycles. The summed E-state index contributed by atoms with van der Waals surface area (Å²) in [7, 11) is 3.13. The Morgan fingerprint density at radius 1 is 1.23 bits per heavy atom. The molecule has 1 aromatic heterocycles. The lowest BCUT2D eigenvalue weighted by Crippen LogP contribution is -2.32. The van der Waals surface area contributed by atoms with Gasteiger partial charge in [0.05, 0.1) is 18.2 Å². The van der Waals surface area contributed by atoms with Crippen LogP contribution in [0, 0.1) is 0 Å². The van der Waals surface area contributed by atoms with E-state index in [1.54, 1.807) is 12.1 Å².